The molecule has 0 aromatic heterocycles. The van der Waals surface area contributed by atoms with E-state index in [0.29, 0.717) is 5.02 Å². The lowest BCUT2D eigenvalue weighted by Gasteiger charge is -1.94. The second-order valence-corrected chi connectivity index (χ2v) is 3.19. The Hall–Kier alpha value is 0.0400. The van der Waals surface area contributed by atoms with E-state index in [2.05, 4.69) is 0 Å². The normalized spacial score (nSPS) is 9.56. The van der Waals surface area contributed by atoms with E-state index in [1.807, 2.05) is 22.6 Å². The van der Waals surface area contributed by atoms with Crippen molar-refractivity contribution in [2.45, 2.75) is 0 Å². The molecule has 3 heteroatoms. The van der Waals surface area contributed by atoms with E-state index in [4.69, 9.17) is 16.7 Å². The summed E-state index contributed by atoms with van der Waals surface area (Å²) in [6.45, 7) is 0. The van der Waals surface area contributed by atoms with Gasteiger partial charge >= 0.3 is 0 Å². The van der Waals surface area contributed by atoms with Crippen molar-refractivity contribution in [1.82, 2.24) is 0 Å². The van der Waals surface area contributed by atoms with Crippen LogP contribution in [0, 0.1) is 3.57 Å². The molecule has 0 amide bonds. The van der Waals surface area contributed by atoms with Crippen LogP contribution >= 0.6 is 34.2 Å². The summed E-state index contributed by atoms with van der Waals surface area (Å²) >= 11 is 7.59. The predicted molar refractivity (Wildman–Crippen MR) is 45.8 cm³/mol. The Bertz CT molecular complexity index is 224. The number of hydrogen-bond donors (Lipinski definition) is 1. The molecule has 0 saturated carbocycles. The Morgan fingerprint density at radius 1 is 1.44 bits per heavy atom. The molecule has 0 unspecified atom stereocenters. The van der Waals surface area contributed by atoms with Crippen LogP contribution in [0.25, 0.3) is 0 Å². The van der Waals surface area contributed by atoms with Crippen LogP contribution in [0.5, 0.6) is 5.75 Å². The van der Waals surface area contributed by atoms with Gasteiger partial charge < -0.3 is 5.11 Å². The first-order valence-corrected chi connectivity index (χ1v) is 3.80. The molecule has 0 bridgehead atoms. The summed E-state index contributed by atoms with van der Waals surface area (Å²) in [4.78, 5) is 0. The summed E-state index contributed by atoms with van der Waals surface area (Å²) in [6, 6.07) is 5.02. The van der Waals surface area contributed by atoms with Gasteiger partial charge in [0.05, 0.1) is 3.57 Å². The molecule has 1 aromatic rings. The summed E-state index contributed by atoms with van der Waals surface area (Å²) in [5, 5.41) is 9.57. The molecule has 0 aliphatic carbocycles. The average molecular weight is 254 g/mol. The van der Waals surface area contributed by atoms with Crippen LogP contribution in [-0.4, -0.2) is 5.11 Å². The van der Waals surface area contributed by atoms with Gasteiger partial charge in [-0.15, -0.1) is 0 Å². The lowest BCUT2D eigenvalue weighted by molar-refractivity contribution is 0.471. The third kappa shape index (κ3) is 1.72. The van der Waals surface area contributed by atoms with E-state index in [0.717, 1.165) is 3.57 Å². The van der Waals surface area contributed by atoms with Gasteiger partial charge in [-0.25, -0.2) is 0 Å². The molecule has 0 heterocycles. The zero-order chi connectivity index (χ0) is 6.85. The zero-order valence-corrected chi connectivity index (χ0v) is 7.35. The Balaban J connectivity index is 3.17. The smallest absolute Gasteiger partial charge is 0.130 e. The summed E-state index contributed by atoms with van der Waals surface area (Å²) in [7, 11) is 0. The highest BCUT2D eigenvalue weighted by Gasteiger charge is 1.94. The van der Waals surface area contributed by atoms with E-state index >= 15 is 0 Å². The van der Waals surface area contributed by atoms with E-state index in [-0.39, 0.29) is 5.75 Å². The van der Waals surface area contributed by atoms with Crippen LogP contribution in [0.3, 0.4) is 0 Å². The highest BCUT2D eigenvalue weighted by Crippen LogP contribution is 2.22. The standard InChI is InChI=1S/C6H4ClIO/c7-4-1-2-5(8)6(9)3-4/h1-3,9H. The first kappa shape index (κ1) is 7.15. The number of phenolic OH excluding ortho intramolecular Hbond substituents is 1. The molecular weight excluding hydrogens is 250 g/mol. The highest BCUT2D eigenvalue weighted by atomic mass is 127. The summed E-state index contributed by atoms with van der Waals surface area (Å²) in [5.74, 6) is 0.239. The second-order valence-electron chi connectivity index (χ2n) is 1.60. The molecule has 1 nitrogen and oxygen atoms in total. The van der Waals surface area contributed by atoms with Crippen molar-refractivity contribution in [1.29, 1.82) is 0 Å². The lowest BCUT2D eigenvalue weighted by atomic mass is 10.3. The second kappa shape index (κ2) is 2.75. The minimum Gasteiger partial charge on any atom is -0.507 e. The molecule has 0 saturated heterocycles. The molecule has 9 heavy (non-hydrogen) atoms. The molecule has 0 aliphatic rings. The number of aromatic hydroxyl groups is 1. The van der Waals surface area contributed by atoms with Gasteiger partial charge in [0.25, 0.3) is 0 Å². The Morgan fingerprint density at radius 3 is 2.56 bits per heavy atom. The number of benzene rings is 1. The fourth-order valence-electron chi connectivity index (χ4n) is 0.486. The molecule has 0 atom stereocenters. The summed E-state index contributed by atoms with van der Waals surface area (Å²) < 4.78 is 0.817. The molecule has 0 aliphatic heterocycles. The summed E-state index contributed by atoms with van der Waals surface area (Å²) in [6.07, 6.45) is 0. The van der Waals surface area contributed by atoms with Gasteiger partial charge in [-0.2, -0.15) is 0 Å². The van der Waals surface area contributed by atoms with Crippen LogP contribution < -0.4 is 0 Å². The Kier molecular flexibility index (Phi) is 2.18. The van der Waals surface area contributed by atoms with Crippen molar-refractivity contribution in [3.8, 4) is 5.75 Å². The Morgan fingerprint density at radius 2 is 2.11 bits per heavy atom. The SMILES string of the molecule is Oc1cc(Cl)ccc1I. The Labute approximate surface area is 71.8 Å². The topological polar surface area (TPSA) is 20.2 Å². The van der Waals surface area contributed by atoms with Gasteiger partial charge in [-0.3, -0.25) is 0 Å². The monoisotopic (exact) mass is 254 g/mol. The molecule has 0 spiro atoms. The molecular formula is C6H4ClIO. The summed E-state index contributed by atoms with van der Waals surface area (Å²) in [5.41, 5.74) is 0. The third-order valence-corrected chi connectivity index (χ3v) is 2.06. The minimum absolute atomic E-state index is 0.239. The van der Waals surface area contributed by atoms with Crippen molar-refractivity contribution in [2.75, 3.05) is 0 Å². The number of phenols is 1. The highest BCUT2D eigenvalue weighted by molar-refractivity contribution is 14.1. The van der Waals surface area contributed by atoms with Crippen LogP contribution in [0.1, 0.15) is 0 Å². The molecule has 48 valence electrons. The number of hydrogen-bond acceptors (Lipinski definition) is 1. The van der Waals surface area contributed by atoms with Crippen LogP contribution in [-0.2, 0) is 0 Å². The van der Waals surface area contributed by atoms with Crippen molar-refractivity contribution in [2.24, 2.45) is 0 Å². The molecule has 1 rings (SSSR count). The quantitative estimate of drug-likeness (QED) is 0.706. The molecule has 1 N–H and O–H groups in total. The fourth-order valence-corrected chi connectivity index (χ4v) is 0.988. The number of rotatable bonds is 0. The van der Waals surface area contributed by atoms with Gasteiger partial charge in [-0.1, -0.05) is 11.6 Å². The van der Waals surface area contributed by atoms with Gasteiger partial charge in [0, 0.05) is 5.02 Å². The van der Waals surface area contributed by atoms with Crippen molar-refractivity contribution >= 4 is 34.2 Å². The minimum atomic E-state index is 0.239. The van der Waals surface area contributed by atoms with Gasteiger partial charge in [0.1, 0.15) is 5.75 Å². The maximum atomic E-state index is 9.01. The maximum absolute atomic E-state index is 9.01. The van der Waals surface area contributed by atoms with Crippen molar-refractivity contribution in [3.05, 3.63) is 26.8 Å². The fraction of sp³-hybridized carbons (Fsp3) is 0. The molecule has 0 radical (unpaired) electrons. The third-order valence-electron chi connectivity index (χ3n) is 0.908. The van der Waals surface area contributed by atoms with E-state index in [9.17, 15) is 0 Å². The predicted octanol–water partition coefficient (Wildman–Crippen LogP) is 2.65. The van der Waals surface area contributed by atoms with Crippen LogP contribution in [0.2, 0.25) is 5.02 Å². The van der Waals surface area contributed by atoms with E-state index in [1.54, 1.807) is 12.1 Å². The number of halogens is 2. The molecule has 1 aromatic carbocycles. The molecule has 0 fully saturated rings. The van der Waals surface area contributed by atoms with E-state index in [1.165, 1.54) is 6.07 Å². The van der Waals surface area contributed by atoms with Crippen molar-refractivity contribution < 1.29 is 5.11 Å². The van der Waals surface area contributed by atoms with Crippen molar-refractivity contribution in [3.63, 3.8) is 0 Å². The van der Waals surface area contributed by atoms with Gasteiger partial charge in [-0.05, 0) is 40.8 Å². The maximum Gasteiger partial charge on any atom is 0.130 e. The van der Waals surface area contributed by atoms with E-state index < -0.39 is 0 Å². The average Bonchev–Trinajstić information content (AvgIpc) is 1.80. The largest absolute Gasteiger partial charge is 0.507 e. The zero-order valence-electron chi connectivity index (χ0n) is 4.44. The first-order valence-electron chi connectivity index (χ1n) is 2.34. The van der Waals surface area contributed by atoms with Gasteiger partial charge in [0.15, 0.2) is 0 Å². The van der Waals surface area contributed by atoms with Gasteiger partial charge in [0.2, 0.25) is 0 Å². The first-order chi connectivity index (χ1) is 4.20. The van der Waals surface area contributed by atoms with Crippen LogP contribution in [0.15, 0.2) is 18.2 Å². The van der Waals surface area contributed by atoms with Crippen LogP contribution in [0.4, 0.5) is 0 Å². The lowest BCUT2D eigenvalue weighted by Crippen LogP contribution is -1.70.